The smallest absolute Gasteiger partial charge is 0.228 e. The summed E-state index contributed by atoms with van der Waals surface area (Å²) < 4.78 is 0. The molecule has 5 heteroatoms. The SMILES string of the molecule is CC(C)CCNc1nc(-c2ccc3c(c2)CC(=O)N3)cs1. The van der Waals surface area contributed by atoms with E-state index in [4.69, 9.17) is 0 Å². The van der Waals surface area contributed by atoms with Gasteiger partial charge in [-0.05, 0) is 30.0 Å². The standard InChI is InChI=1S/C16H19N3OS/c1-10(2)5-6-17-16-19-14(9-21-16)11-3-4-13-12(7-11)8-15(20)18-13/h3-4,7,9-10H,5-6,8H2,1-2H3,(H,17,19)(H,18,20). The van der Waals surface area contributed by atoms with Crippen molar-refractivity contribution in [2.24, 2.45) is 5.92 Å². The minimum Gasteiger partial charge on any atom is -0.361 e. The summed E-state index contributed by atoms with van der Waals surface area (Å²) in [6, 6.07) is 6.03. The minimum absolute atomic E-state index is 0.0662. The topological polar surface area (TPSA) is 54.0 Å². The zero-order valence-electron chi connectivity index (χ0n) is 12.3. The van der Waals surface area contributed by atoms with Crippen molar-refractivity contribution in [2.45, 2.75) is 26.7 Å². The van der Waals surface area contributed by atoms with Crippen LogP contribution in [0.25, 0.3) is 11.3 Å². The van der Waals surface area contributed by atoms with E-state index in [2.05, 4.69) is 40.9 Å². The lowest BCUT2D eigenvalue weighted by Crippen LogP contribution is -2.04. The van der Waals surface area contributed by atoms with E-state index in [1.165, 1.54) is 0 Å². The van der Waals surface area contributed by atoms with Gasteiger partial charge in [-0.25, -0.2) is 4.98 Å². The first-order chi connectivity index (χ1) is 10.1. The van der Waals surface area contributed by atoms with Crippen LogP contribution in [0.1, 0.15) is 25.8 Å². The Morgan fingerprint density at radius 3 is 3.10 bits per heavy atom. The van der Waals surface area contributed by atoms with Crippen molar-refractivity contribution in [1.29, 1.82) is 0 Å². The molecule has 2 N–H and O–H groups in total. The van der Waals surface area contributed by atoms with Crippen molar-refractivity contribution in [1.82, 2.24) is 4.98 Å². The van der Waals surface area contributed by atoms with Crippen molar-refractivity contribution >= 4 is 28.1 Å². The fraction of sp³-hybridized carbons (Fsp3) is 0.375. The second-order valence-electron chi connectivity index (χ2n) is 5.74. The summed E-state index contributed by atoms with van der Waals surface area (Å²) in [5.74, 6) is 0.759. The zero-order chi connectivity index (χ0) is 14.8. The average Bonchev–Trinajstić information content (AvgIpc) is 3.02. The van der Waals surface area contributed by atoms with Crippen LogP contribution in [0.15, 0.2) is 23.6 Å². The maximum Gasteiger partial charge on any atom is 0.228 e. The number of rotatable bonds is 5. The summed E-state index contributed by atoms with van der Waals surface area (Å²) >= 11 is 1.63. The molecule has 0 bridgehead atoms. The molecule has 0 aliphatic carbocycles. The van der Waals surface area contributed by atoms with Gasteiger partial charge in [-0.15, -0.1) is 11.3 Å². The Hall–Kier alpha value is -1.88. The van der Waals surface area contributed by atoms with Crippen LogP contribution < -0.4 is 10.6 Å². The van der Waals surface area contributed by atoms with Gasteiger partial charge >= 0.3 is 0 Å². The Labute approximate surface area is 128 Å². The minimum atomic E-state index is 0.0662. The van der Waals surface area contributed by atoms with Gasteiger partial charge in [0, 0.05) is 23.2 Å². The Morgan fingerprint density at radius 2 is 2.29 bits per heavy atom. The van der Waals surface area contributed by atoms with Crippen LogP contribution in [-0.2, 0) is 11.2 Å². The fourth-order valence-corrected chi connectivity index (χ4v) is 3.09. The molecular weight excluding hydrogens is 282 g/mol. The van der Waals surface area contributed by atoms with Crippen LogP contribution in [-0.4, -0.2) is 17.4 Å². The van der Waals surface area contributed by atoms with Crippen LogP contribution in [0.5, 0.6) is 0 Å². The molecule has 1 aromatic heterocycles. The van der Waals surface area contributed by atoms with E-state index in [1.54, 1.807) is 11.3 Å². The van der Waals surface area contributed by atoms with E-state index in [-0.39, 0.29) is 5.91 Å². The number of hydrogen-bond acceptors (Lipinski definition) is 4. The number of aromatic nitrogens is 1. The predicted octanol–water partition coefficient (Wildman–Crippen LogP) is 3.76. The molecule has 1 amide bonds. The monoisotopic (exact) mass is 301 g/mol. The van der Waals surface area contributed by atoms with Crippen molar-refractivity contribution < 1.29 is 4.79 Å². The lowest BCUT2D eigenvalue weighted by Gasteiger charge is -2.05. The summed E-state index contributed by atoms with van der Waals surface area (Å²) in [6.45, 7) is 5.39. The Balaban J connectivity index is 1.72. The molecule has 0 spiro atoms. The van der Waals surface area contributed by atoms with Crippen molar-refractivity contribution in [3.05, 3.63) is 29.1 Å². The number of fused-ring (bicyclic) bond motifs is 1. The molecule has 1 aliphatic rings. The molecular formula is C16H19N3OS. The third-order valence-corrected chi connectivity index (χ3v) is 4.33. The molecule has 21 heavy (non-hydrogen) atoms. The Bertz CT molecular complexity index is 663. The van der Waals surface area contributed by atoms with Gasteiger partial charge in [0.2, 0.25) is 5.91 Å². The van der Waals surface area contributed by atoms with Gasteiger partial charge in [-0.1, -0.05) is 19.9 Å². The van der Waals surface area contributed by atoms with Crippen molar-refractivity contribution in [3.8, 4) is 11.3 Å². The molecule has 1 aromatic carbocycles. The highest BCUT2D eigenvalue weighted by Crippen LogP contribution is 2.30. The van der Waals surface area contributed by atoms with Crippen LogP contribution in [0, 0.1) is 5.92 Å². The number of thiazole rings is 1. The van der Waals surface area contributed by atoms with E-state index in [0.29, 0.717) is 12.3 Å². The summed E-state index contributed by atoms with van der Waals surface area (Å²) in [4.78, 5) is 16.0. The molecule has 0 fully saturated rings. The summed E-state index contributed by atoms with van der Waals surface area (Å²) in [6.07, 6.45) is 1.61. The van der Waals surface area contributed by atoms with E-state index < -0.39 is 0 Å². The number of carbonyl (C=O) groups excluding carboxylic acids is 1. The quantitative estimate of drug-likeness (QED) is 0.884. The molecule has 0 saturated heterocycles. The molecule has 0 radical (unpaired) electrons. The zero-order valence-corrected chi connectivity index (χ0v) is 13.1. The van der Waals surface area contributed by atoms with Gasteiger partial charge in [0.15, 0.2) is 5.13 Å². The molecule has 0 saturated carbocycles. The molecule has 0 unspecified atom stereocenters. The summed E-state index contributed by atoms with van der Waals surface area (Å²) in [5.41, 5.74) is 4.02. The maximum atomic E-state index is 11.4. The van der Waals surface area contributed by atoms with Crippen LogP contribution in [0.4, 0.5) is 10.8 Å². The van der Waals surface area contributed by atoms with Gasteiger partial charge in [0.05, 0.1) is 12.1 Å². The van der Waals surface area contributed by atoms with Crippen molar-refractivity contribution in [3.63, 3.8) is 0 Å². The first kappa shape index (κ1) is 14.1. The third kappa shape index (κ3) is 3.24. The molecule has 1 aliphatic heterocycles. The first-order valence-corrected chi connectivity index (χ1v) is 8.12. The van der Waals surface area contributed by atoms with Gasteiger partial charge in [0.25, 0.3) is 0 Å². The largest absolute Gasteiger partial charge is 0.361 e. The Kier molecular flexibility index (Phi) is 3.92. The van der Waals surface area contributed by atoms with Gasteiger partial charge in [0.1, 0.15) is 0 Å². The lowest BCUT2D eigenvalue weighted by molar-refractivity contribution is -0.115. The van der Waals surface area contributed by atoms with Gasteiger partial charge < -0.3 is 10.6 Å². The highest BCUT2D eigenvalue weighted by Gasteiger charge is 2.18. The van der Waals surface area contributed by atoms with Gasteiger partial charge in [-0.2, -0.15) is 0 Å². The van der Waals surface area contributed by atoms with Crippen LogP contribution >= 0.6 is 11.3 Å². The van der Waals surface area contributed by atoms with Crippen molar-refractivity contribution in [2.75, 3.05) is 17.2 Å². The second kappa shape index (κ2) is 5.85. The summed E-state index contributed by atoms with van der Waals surface area (Å²) in [5, 5.41) is 9.23. The number of nitrogens with one attached hydrogen (secondary N) is 2. The first-order valence-electron chi connectivity index (χ1n) is 7.24. The summed E-state index contributed by atoms with van der Waals surface area (Å²) in [7, 11) is 0. The number of anilines is 2. The maximum absolute atomic E-state index is 11.4. The number of amides is 1. The highest BCUT2D eigenvalue weighted by molar-refractivity contribution is 7.14. The third-order valence-electron chi connectivity index (χ3n) is 3.53. The number of hydrogen-bond donors (Lipinski definition) is 2. The molecule has 2 aromatic rings. The molecule has 4 nitrogen and oxygen atoms in total. The molecule has 2 heterocycles. The fourth-order valence-electron chi connectivity index (χ4n) is 2.34. The highest BCUT2D eigenvalue weighted by atomic mass is 32.1. The second-order valence-corrected chi connectivity index (χ2v) is 6.60. The van der Waals surface area contributed by atoms with Crippen LogP contribution in [0.2, 0.25) is 0 Å². The normalized spacial score (nSPS) is 13.4. The number of nitrogens with zero attached hydrogens (tertiary/aromatic N) is 1. The van der Waals surface area contributed by atoms with Crippen LogP contribution in [0.3, 0.4) is 0 Å². The average molecular weight is 301 g/mol. The van der Waals surface area contributed by atoms with E-state index in [0.717, 1.165) is 40.6 Å². The lowest BCUT2D eigenvalue weighted by atomic mass is 10.1. The van der Waals surface area contributed by atoms with E-state index in [9.17, 15) is 4.79 Å². The predicted molar refractivity (Wildman–Crippen MR) is 87.8 cm³/mol. The number of carbonyl (C=O) groups is 1. The van der Waals surface area contributed by atoms with E-state index in [1.807, 2.05) is 12.1 Å². The molecule has 3 rings (SSSR count). The molecule has 0 atom stereocenters. The van der Waals surface area contributed by atoms with Gasteiger partial charge in [-0.3, -0.25) is 4.79 Å². The number of benzene rings is 1. The van der Waals surface area contributed by atoms with E-state index >= 15 is 0 Å². The Morgan fingerprint density at radius 1 is 1.43 bits per heavy atom. The molecule has 110 valence electrons.